The number of aromatic nitrogens is 2. The molecule has 2 N–H and O–H groups in total. The van der Waals surface area contributed by atoms with Gasteiger partial charge in [0.15, 0.2) is 11.5 Å². The van der Waals surface area contributed by atoms with E-state index in [1.165, 1.54) is 28.4 Å². The van der Waals surface area contributed by atoms with Crippen LogP contribution in [-0.4, -0.2) is 62.8 Å². The molecule has 11 nitrogen and oxygen atoms in total. The van der Waals surface area contributed by atoms with Gasteiger partial charge in [0.25, 0.3) is 10.2 Å². The highest BCUT2D eigenvalue weighted by Gasteiger charge is 2.41. The monoisotopic (exact) mass is 453 g/mol. The lowest BCUT2D eigenvalue weighted by atomic mass is 10.00. The summed E-state index contributed by atoms with van der Waals surface area (Å²) in [6.07, 6.45) is 1.85. The van der Waals surface area contributed by atoms with Crippen LogP contribution in [0.2, 0.25) is 0 Å². The molecule has 0 saturated carbocycles. The van der Waals surface area contributed by atoms with Gasteiger partial charge in [-0.1, -0.05) is 0 Å². The van der Waals surface area contributed by atoms with Crippen LogP contribution < -0.4 is 24.2 Å². The SMILES string of the molecule is COc1cc(NC(=O)[C@H]2C[C@H](c3cnn(C)c3C)NS(=O)(=O)N2C)cc(OC)c1OC. The molecule has 0 aliphatic carbocycles. The number of carbonyl (C=O) groups excluding carboxylic acids is 1. The molecule has 0 spiro atoms. The number of benzene rings is 1. The van der Waals surface area contributed by atoms with Crippen LogP contribution in [-0.2, 0) is 22.1 Å². The zero-order valence-electron chi connectivity index (χ0n) is 18.3. The van der Waals surface area contributed by atoms with Gasteiger partial charge >= 0.3 is 0 Å². The van der Waals surface area contributed by atoms with Crippen LogP contribution in [0, 0.1) is 6.92 Å². The molecular weight excluding hydrogens is 426 g/mol. The Labute approximate surface area is 181 Å². The summed E-state index contributed by atoms with van der Waals surface area (Å²) < 4.78 is 46.6. The van der Waals surface area contributed by atoms with Crippen LogP contribution in [0.1, 0.15) is 23.7 Å². The minimum Gasteiger partial charge on any atom is -0.493 e. The van der Waals surface area contributed by atoms with Crippen LogP contribution in [0.5, 0.6) is 17.2 Å². The Hall–Kier alpha value is -2.83. The van der Waals surface area contributed by atoms with E-state index in [2.05, 4.69) is 15.1 Å². The number of ether oxygens (including phenoxy) is 3. The number of nitrogens with one attached hydrogen (secondary N) is 2. The topological polar surface area (TPSA) is 124 Å². The first-order valence-electron chi connectivity index (χ1n) is 9.47. The van der Waals surface area contributed by atoms with Gasteiger partial charge < -0.3 is 19.5 Å². The van der Waals surface area contributed by atoms with E-state index in [1.54, 1.807) is 30.1 Å². The lowest BCUT2D eigenvalue weighted by Crippen LogP contribution is -2.56. The fourth-order valence-corrected chi connectivity index (χ4v) is 4.82. The summed E-state index contributed by atoms with van der Waals surface area (Å²) in [7, 11) is 3.69. The van der Waals surface area contributed by atoms with Crippen molar-refractivity contribution >= 4 is 21.8 Å². The van der Waals surface area contributed by atoms with Crippen molar-refractivity contribution in [1.82, 2.24) is 18.8 Å². The highest BCUT2D eigenvalue weighted by atomic mass is 32.2. The summed E-state index contributed by atoms with van der Waals surface area (Å²) in [6.45, 7) is 1.85. The largest absolute Gasteiger partial charge is 0.493 e. The number of hydrogen-bond acceptors (Lipinski definition) is 7. The highest BCUT2D eigenvalue weighted by Crippen LogP contribution is 2.40. The number of rotatable bonds is 6. The van der Waals surface area contributed by atoms with Crippen LogP contribution in [0.4, 0.5) is 5.69 Å². The number of carbonyl (C=O) groups is 1. The van der Waals surface area contributed by atoms with Gasteiger partial charge in [-0.2, -0.15) is 22.5 Å². The maximum atomic E-state index is 13.1. The van der Waals surface area contributed by atoms with Gasteiger partial charge in [-0.3, -0.25) is 9.48 Å². The van der Waals surface area contributed by atoms with Gasteiger partial charge in [0.05, 0.1) is 33.6 Å². The lowest BCUT2D eigenvalue weighted by Gasteiger charge is -2.36. The predicted molar refractivity (Wildman–Crippen MR) is 114 cm³/mol. The van der Waals surface area contributed by atoms with Crippen LogP contribution in [0.25, 0.3) is 0 Å². The Kier molecular flexibility index (Phi) is 6.43. The number of nitrogens with zero attached hydrogens (tertiary/aromatic N) is 3. The Morgan fingerprint density at radius 2 is 1.77 bits per heavy atom. The van der Waals surface area contributed by atoms with Crippen molar-refractivity contribution in [2.24, 2.45) is 7.05 Å². The normalized spacial score (nSPS) is 20.8. The number of amides is 1. The van der Waals surface area contributed by atoms with E-state index >= 15 is 0 Å². The van der Waals surface area contributed by atoms with E-state index in [4.69, 9.17) is 14.2 Å². The van der Waals surface area contributed by atoms with Crippen molar-refractivity contribution in [2.45, 2.75) is 25.4 Å². The molecule has 12 heteroatoms. The van der Waals surface area contributed by atoms with E-state index in [-0.39, 0.29) is 6.42 Å². The van der Waals surface area contributed by atoms with Crippen LogP contribution >= 0.6 is 0 Å². The minimum atomic E-state index is -3.87. The summed E-state index contributed by atoms with van der Waals surface area (Å²) in [4.78, 5) is 13.1. The predicted octanol–water partition coefficient (Wildman–Crippen LogP) is 0.973. The molecule has 1 fully saturated rings. The fourth-order valence-electron chi connectivity index (χ4n) is 3.55. The summed E-state index contributed by atoms with van der Waals surface area (Å²) in [6, 6.07) is 1.65. The molecule has 1 aliphatic heterocycles. The first-order chi connectivity index (χ1) is 14.6. The average molecular weight is 454 g/mol. The number of methoxy groups -OCH3 is 3. The third-order valence-corrected chi connectivity index (χ3v) is 7.05. The second-order valence-electron chi connectivity index (χ2n) is 7.16. The Balaban J connectivity index is 1.90. The van der Waals surface area contributed by atoms with Gasteiger partial charge in [0, 0.05) is 43.2 Å². The van der Waals surface area contributed by atoms with Crippen molar-refractivity contribution in [1.29, 1.82) is 0 Å². The molecule has 0 bridgehead atoms. The molecule has 1 aromatic carbocycles. The molecule has 170 valence electrons. The number of anilines is 1. The fraction of sp³-hybridized carbons (Fsp3) is 0.474. The van der Waals surface area contributed by atoms with Crippen molar-refractivity contribution in [3.63, 3.8) is 0 Å². The van der Waals surface area contributed by atoms with Crippen LogP contribution in [0.3, 0.4) is 0 Å². The summed E-state index contributed by atoms with van der Waals surface area (Å²) in [5.41, 5.74) is 1.93. The average Bonchev–Trinajstić information content (AvgIpc) is 3.07. The first kappa shape index (κ1) is 22.8. The Bertz CT molecular complexity index is 1060. The molecule has 1 aliphatic rings. The molecule has 31 heavy (non-hydrogen) atoms. The van der Waals surface area contributed by atoms with Gasteiger partial charge in [-0.05, 0) is 13.3 Å². The highest BCUT2D eigenvalue weighted by molar-refractivity contribution is 7.87. The molecule has 2 aromatic rings. The first-order valence-corrected chi connectivity index (χ1v) is 10.9. The number of hydrogen-bond donors (Lipinski definition) is 2. The van der Waals surface area contributed by atoms with Gasteiger partial charge in [-0.25, -0.2) is 0 Å². The smallest absolute Gasteiger partial charge is 0.280 e. The minimum absolute atomic E-state index is 0.235. The molecule has 3 rings (SSSR count). The second kappa shape index (κ2) is 8.73. The number of likely N-dealkylation sites (N-methyl/N-ethyl adjacent to an activating group) is 1. The summed E-state index contributed by atoms with van der Waals surface area (Å²) in [5, 5.41) is 6.94. The molecular formula is C19H27N5O6S. The van der Waals surface area contributed by atoms with E-state index in [9.17, 15) is 13.2 Å². The maximum absolute atomic E-state index is 13.1. The Morgan fingerprint density at radius 1 is 1.16 bits per heavy atom. The quantitative estimate of drug-likeness (QED) is 0.668. The van der Waals surface area contributed by atoms with E-state index in [0.717, 1.165) is 15.6 Å². The molecule has 1 aromatic heterocycles. The summed E-state index contributed by atoms with van der Waals surface area (Å²) in [5.74, 6) is 0.643. The van der Waals surface area contributed by atoms with Crippen molar-refractivity contribution in [2.75, 3.05) is 33.7 Å². The third kappa shape index (κ3) is 4.31. The maximum Gasteiger partial charge on any atom is 0.280 e. The molecule has 1 amide bonds. The van der Waals surface area contributed by atoms with E-state index < -0.39 is 28.2 Å². The zero-order chi connectivity index (χ0) is 22.9. The molecule has 0 radical (unpaired) electrons. The lowest BCUT2D eigenvalue weighted by molar-refractivity contribution is -0.120. The van der Waals surface area contributed by atoms with Crippen molar-refractivity contribution in [3.05, 3.63) is 29.6 Å². The zero-order valence-corrected chi connectivity index (χ0v) is 19.1. The molecule has 2 atom stereocenters. The number of aryl methyl sites for hydroxylation is 1. The molecule has 1 saturated heterocycles. The van der Waals surface area contributed by atoms with Crippen molar-refractivity contribution in [3.8, 4) is 17.2 Å². The van der Waals surface area contributed by atoms with E-state index in [0.29, 0.717) is 22.9 Å². The van der Waals surface area contributed by atoms with Gasteiger partial charge in [-0.15, -0.1) is 0 Å². The van der Waals surface area contributed by atoms with Crippen LogP contribution in [0.15, 0.2) is 18.3 Å². The standard InChI is InChI=1S/C19H27N5O6S/c1-11-13(10-20-23(11)2)14-9-15(24(3)31(26,27)22-14)19(25)21-12-7-16(28-4)18(30-6)17(8-12)29-5/h7-8,10,14-15,22H,9H2,1-6H3,(H,21,25)/t14-,15-/m1/s1. The van der Waals surface area contributed by atoms with Crippen molar-refractivity contribution < 1.29 is 27.4 Å². The Morgan fingerprint density at radius 3 is 2.26 bits per heavy atom. The van der Waals surface area contributed by atoms with Gasteiger partial charge in [0.1, 0.15) is 6.04 Å². The molecule has 0 unspecified atom stereocenters. The third-order valence-electron chi connectivity index (χ3n) is 5.45. The van der Waals surface area contributed by atoms with Gasteiger partial charge in [0.2, 0.25) is 11.7 Å². The second-order valence-corrected chi connectivity index (χ2v) is 8.92. The summed E-state index contributed by atoms with van der Waals surface area (Å²) >= 11 is 0. The van der Waals surface area contributed by atoms with E-state index in [1.807, 2.05) is 6.92 Å². The molecule has 2 heterocycles.